The largest absolute Gasteiger partial charge is 0.395 e. The van der Waals surface area contributed by atoms with Crippen LogP contribution in [0.4, 0.5) is 5.95 Å². The second-order valence-electron chi connectivity index (χ2n) is 7.27. The maximum atomic E-state index is 12.7. The van der Waals surface area contributed by atoms with Crippen LogP contribution in [0.15, 0.2) is 42.7 Å². The molecule has 0 saturated heterocycles. The van der Waals surface area contributed by atoms with Crippen LogP contribution in [-0.2, 0) is 0 Å². The number of aliphatic hydroxyl groups excluding tert-OH is 2. The van der Waals surface area contributed by atoms with E-state index in [-0.39, 0.29) is 19.1 Å². The summed E-state index contributed by atoms with van der Waals surface area (Å²) in [6.45, 7) is 4.09. The first-order chi connectivity index (χ1) is 14.4. The van der Waals surface area contributed by atoms with Crippen LogP contribution < -0.4 is 10.2 Å². The Balaban J connectivity index is 1.80. The molecule has 2 aromatic heterocycles. The fraction of sp³-hybridized carbons (Fsp3) is 0.318. The van der Waals surface area contributed by atoms with Gasteiger partial charge in [-0.1, -0.05) is 29.8 Å². The minimum Gasteiger partial charge on any atom is -0.395 e. The number of aromatic amines is 1. The summed E-state index contributed by atoms with van der Waals surface area (Å²) >= 11 is 0. The summed E-state index contributed by atoms with van der Waals surface area (Å²) in [7, 11) is 1.81. The Labute approximate surface area is 175 Å². The van der Waals surface area contributed by atoms with E-state index in [1.54, 1.807) is 30.4 Å². The summed E-state index contributed by atoms with van der Waals surface area (Å²) in [5.74, 6) is 0.183. The summed E-state index contributed by atoms with van der Waals surface area (Å²) < 4.78 is 0. The molecule has 30 heavy (non-hydrogen) atoms. The summed E-state index contributed by atoms with van der Waals surface area (Å²) in [5.41, 5.74) is 4.62. The van der Waals surface area contributed by atoms with Gasteiger partial charge in [-0.15, -0.1) is 0 Å². The molecular formula is C22H27N5O3. The van der Waals surface area contributed by atoms with E-state index in [9.17, 15) is 9.90 Å². The minimum atomic E-state index is -0.497. The number of nitrogens with zero attached hydrogens (tertiary/aromatic N) is 3. The Morgan fingerprint density at radius 2 is 2.07 bits per heavy atom. The van der Waals surface area contributed by atoms with E-state index < -0.39 is 6.04 Å². The number of H-pyrrole nitrogens is 1. The molecule has 0 aliphatic carbocycles. The second-order valence-corrected chi connectivity index (χ2v) is 7.27. The van der Waals surface area contributed by atoms with Crippen LogP contribution in [0.3, 0.4) is 0 Å². The number of likely N-dealkylation sites (N-methyl/N-ethyl adjacent to an activating group) is 1. The van der Waals surface area contributed by atoms with Crippen molar-refractivity contribution in [3.63, 3.8) is 0 Å². The van der Waals surface area contributed by atoms with Crippen LogP contribution in [0.25, 0.3) is 11.3 Å². The van der Waals surface area contributed by atoms with E-state index in [1.165, 1.54) is 0 Å². The Bertz CT molecular complexity index is 1020. The molecule has 0 saturated carbocycles. The van der Waals surface area contributed by atoms with Gasteiger partial charge in [0.05, 0.1) is 24.9 Å². The van der Waals surface area contributed by atoms with E-state index in [0.29, 0.717) is 23.9 Å². The number of benzene rings is 1. The van der Waals surface area contributed by atoms with Gasteiger partial charge < -0.3 is 25.4 Å². The van der Waals surface area contributed by atoms with Gasteiger partial charge in [-0.2, -0.15) is 0 Å². The molecule has 0 bridgehead atoms. The Kier molecular flexibility index (Phi) is 6.81. The molecule has 8 nitrogen and oxygen atoms in total. The van der Waals surface area contributed by atoms with Crippen LogP contribution in [-0.4, -0.2) is 57.9 Å². The standard InChI is InChI=1S/C22H27N5O3/c1-14-5-4-6-16(9-14)19(13-29)25-21(30)18-10-17(12-23-18)20-15(2)11-24-22(26-20)27(3)7-8-28/h4-6,9-12,19,23,28-29H,7-8,13H2,1-3H3,(H,25,30). The van der Waals surface area contributed by atoms with Crippen molar-refractivity contribution >= 4 is 11.9 Å². The molecule has 158 valence electrons. The summed E-state index contributed by atoms with van der Waals surface area (Å²) in [6.07, 6.45) is 3.44. The molecule has 0 fully saturated rings. The number of aryl methyl sites for hydroxylation is 2. The summed E-state index contributed by atoms with van der Waals surface area (Å²) in [5, 5.41) is 21.7. The zero-order valence-electron chi connectivity index (χ0n) is 17.4. The van der Waals surface area contributed by atoms with Crippen molar-refractivity contribution in [3.05, 3.63) is 65.1 Å². The number of aliphatic hydroxyl groups is 2. The van der Waals surface area contributed by atoms with Gasteiger partial charge >= 0.3 is 0 Å². The van der Waals surface area contributed by atoms with Gasteiger partial charge in [0.1, 0.15) is 5.69 Å². The lowest BCUT2D eigenvalue weighted by Crippen LogP contribution is -2.31. The molecule has 1 unspecified atom stereocenters. The van der Waals surface area contributed by atoms with Gasteiger partial charge in [-0.05, 0) is 31.0 Å². The van der Waals surface area contributed by atoms with E-state index in [0.717, 1.165) is 22.3 Å². The minimum absolute atomic E-state index is 0.00447. The lowest BCUT2D eigenvalue weighted by atomic mass is 10.0. The van der Waals surface area contributed by atoms with Gasteiger partial charge in [0.15, 0.2) is 0 Å². The predicted molar refractivity (Wildman–Crippen MR) is 115 cm³/mol. The van der Waals surface area contributed by atoms with E-state index in [2.05, 4.69) is 20.3 Å². The molecule has 1 amide bonds. The molecule has 1 atom stereocenters. The molecule has 0 radical (unpaired) electrons. The maximum Gasteiger partial charge on any atom is 0.268 e. The first-order valence-corrected chi connectivity index (χ1v) is 9.75. The monoisotopic (exact) mass is 409 g/mol. The molecule has 0 aliphatic rings. The number of aromatic nitrogens is 3. The number of amides is 1. The molecule has 0 spiro atoms. The highest BCUT2D eigenvalue weighted by Gasteiger charge is 2.18. The van der Waals surface area contributed by atoms with Crippen molar-refractivity contribution in [1.29, 1.82) is 0 Å². The maximum absolute atomic E-state index is 12.7. The number of rotatable bonds is 8. The smallest absolute Gasteiger partial charge is 0.268 e. The van der Waals surface area contributed by atoms with Gasteiger partial charge in [0.2, 0.25) is 5.95 Å². The second kappa shape index (κ2) is 9.51. The Morgan fingerprint density at radius 3 is 2.77 bits per heavy atom. The highest BCUT2D eigenvalue weighted by atomic mass is 16.3. The first kappa shape index (κ1) is 21.5. The third-order valence-electron chi connectivity index (χ3n) is 4.87. The molecule has 8 heteroatoms. The van der Waals surface area contributed by atoms with Crippen molar-refractivity contribution in [1.82, 2.24) is 20.3 Å². The highest BCUT2D eigenvalue weighted by Crippen LogP contribution is 2.24. The quantitative estimate of drug-likeness (QED) is 0.452. The van der Waals surface area contributed by atoms with Gasteiger partial charge in [0, 0.05) is 31.5 Å². The number of hydrogen-bond acceptors (Lipinski definition) is 6. The number of carbonyl (C=O) groups excluding carboxylic acids is 1. The molecule has 0 aliphatic heterocycles. The average molecular weight is 409 g/mol. The van der Waals surface area contributed by atoms with Crippen molar-refractivity contribution in [2.75, 3.05) is 31.7 Å². The Morgan fingerprint density at radius 1 is 1.27 bits per heavy atom. The third kappa shape index (κ3) is 4.84. The van der Waals surface area contributed by atoms with Crippen LogP contribution in [0.5, 0.6) is 0 Å². The highest BCUT2D eigenvalue weighted by molar-refractivity contribution is 5.94. The molecule has 3 aromatic rings. The topological polar surface area (TPSA) is 114 Å². The normalized spacial score (nSPS) is 11.9. The third-order valence-corrected chi connectivity index (χ3v) is 4.87. The van der Waals surface area contributed by atoms with Crippen LogP contribution >= 0.6 is 0 Å². The van der Waals surface area contributed by atoms with E-state index in [4.69, 9.17) is 5.11 Å². The van der Waals surface area contributed by atoms with Crippen LogP contribution in [0.2, 0.25) is 0 Å². The molecule has 3 rings (SSSR count). The number of anilines is 1. The number of nitrogens with one attached hydrogen (secondary N) is 2. The first-order valence-electron chi connectivity index (χ1n) is 9.75. The summed E-state index contributed by atoms with van der Waals surface area (Å²) in [6, 6.07) is 8.91. The van der Waals surface area contributed by atoms with Gasteiger partial charge in [0.25, 0.3) is 5.91 Å². The summed E-state index contributed by atoms with van der Waals surface area (Å²) in [4.78, 5) is 26.4. The molecule has 2 heterocycles. The van der Waals surface area contributed by atoms with Crippen molar-refractivity contribution in [2.45, 2.75) is 19.9 Å². The predicted octanol–water partition coefficient (Wildman–Crippen LogP) is 1.98. The number of hydrogen-bond donors (Lipinski definition) is 4. The zero-order valence-corrected chi connectivity index (χ0v) is 17.4. The molecule has 4 N–H and O–H groups in total. The fourth-order valence-electron chi connectivity index (χ4n) is 3.18. The lowest BCUT2D eigenvalue weighted by Gasteiger charge is -2.17. The average Bonchev–Trinajstić information content (AvgIpc) is 3.22. The van der Waals surface area contributed by atoms with Gasteiger partial charge in [-0.25, -0.2) is 9.97 Å². The van der Waals surface area contributed by atoms with E-state index in [1.807, 2.05) is 38.1 Å². The van der Waals surface area contributed by atoms with Crippen LogP contribution in [0, 0.1) is 13.8 Å². The fourth-order valence-corrected chi connectivity index (χ4v) is 3.18. The zero-order chi connectivity index (χ0) is 21.7. The van der Waals surface area contributed by atoms with Crippen molar-refractivity contribution < 1.29 is 15.0 Å². The van der Waals surface area contributed by atoms with Crippen LogP contribution in [0.1, 0.15) is 33.2 Å². The SMILES string of the molecule is Cc1cccc(C(CO)NC(=O)c2cc(-c3nc(N(C)CCO)ncc3C)c[nH]2)c1. The van der Waals surface area contributed by atoms with E-state index >= 15 is 0 Å². The van der Waals surface area contributed by atoms with Crippen molar-refractivity contribution in [2.24, 2.45) is 0 Å². The number of carbonyl (C=O) groups is 1. The molecular weight excluding hydrogens is 382 g/mol. The molecule has 1 aromatic carbocycles. The lowest BCUT2D eigenvalue weighted by molar-refractivity contribution is 0.0911. The Hall–Kier alpha value is -3.23. The van der Waals surface area contributed by atoms with Gasteiger partial charge in [-0.3, -0.25) is 4.79 Å². The van der Waals surface area contributed by atoms with Crippen molar-refractivity contribution in [3.8, 4) is 11.3 Å².